The van der Waals surface area contributed by atoms with Crippen molar-refractivity contribution in [3.05, 3.63) is 16.7 Å². The molecule has 1 unspecified atom stereocenters. The van der Waals surface area contributed by atoms with Crippen LogP contribution in [0.2, 0.25) is 0 Å². The van der Waals surface area contributed by atoms with Crippen molar-refractivity contribution < 1.29 is 4.74 Å². The highest BCUT2D eigenvalue weighted by Crippen LogP contribution is 2.39. The first-order valence-corrected chi connectivity index (χ1v) is 8.31. The molecule has 1 fully saturated rings. The molecule has 3 heterocycles. The summed E-state index contributed by atoms with van der Waals surface area (Å²) in [6, 6.07) is 2.26. The third kappa shape index (κ3) is 2.55. The molecule has 1 aliphatic heterocycles. The number of nitrogens with zero attached hydrogens (tertiary/aromatic N) is 3. The van der Waals surface area contributed by atoms with E-state index < -0.39 is 0 Å². The van der Waals surface area contributed by atoms with Crippen LogP contribution in [0.4, 0.5) is 5.95 Å². The van der Waals surface area contributed by atoms with E-state index >= 15 is 0 Å². The average molecular weight is 353 g/mol. The lowest BCUT2D eigenvalue weighted by Gasteiger charge is -2.40. The van der Waals surface area contributed by atoms with Crippen LogP contribution in [0.1, 0.15) is 45.6 Å². The molecule has 1 atom stereocenters. The molecule has 1 aliphatic rings. The summed E-state index contributed by atoms with van der Waals surface area (Å²) in [4.78, 5) is 8.96. The van der Waals surface area contributed by atoms with Crippen LogP contribution in [0, 0.1) is 0 Å². The van der Waals surface area contributed by atoms with Gasteiger partial charge < -0.3 is 10.5 Å². The number of aromatic nitrogens is 3. The first kappa shape index (κ1) is 14.8. The van der Waals surface area contributed by atoms with Crippen LogP contribution in [0.5, 0.6) is 0 Å². The second kappa shape index (κ2) is 5.57. The van der Waals surface area contributed by atoms with Gasteiger partial charge in [0.25, 0.3) is 0 Å². The first-order chi connectivity index (χ1) is 10.1. The highest BCUT2D eigenvalue weighted by Gasteiger charge is 2.36. The van der Waals surface area contributed by atoms with Gasteiger partial charge in [0.2, 0.25) is 5.95 Å². The van der Waals surface area contributed by atoms with Crippen molar-refractivity contribution >= 4 is 33.0 Å². The fraction of sp³-hybridized carbons (Fsp3) is 0.600. The summed E-state index contributed by atoms with van der Waals surface area (Å²) in [6.07, 6.45) is 5.76. The Labute approximate surface area is 133 Å². The summed E-state index contributed by atoms with van der Waals surface area (Å²) in [6.45, 7) is 5.15. The van der Waals surface area contributed by atoms with Crippen molar-refractivity contribution in [2.75, 3.05) is 12.3 Å². The zero-order valence-corrected chi connectivity index (χ0v) is 14.1. The van der Waals surface area contributed by atoms with E-state index in [-0.39, 0.29) is 5.60 Å². The largest absolute Gasteiger partial charge is 0.375 e. The van der Waals surface area contributed by atoms with E-state index in [1.165, 1.54) is 0 Å². The van der Waals surface area contributed by atoms with E-state index in [2.05, 4.69) is 44.3 Å². The molecule has 0 amide bonds. The van der Waals surface area contributed by atoms with Crippen LogP contribution < -0.4 is 5.73 Å². The predicted molar refractivity (Wildman–Crippen MR) is 87.2 cm³/mol. The number of imidazole rings is 1. The molecular weight excluding hydrogens is 332 g/mol. The van der Waals surface area contributed by atoms with Gasteiger partial charge in [0.15, 0.2) is 5.65 Å². The number of anilines is 1. The lowest BCUT2D eigenvalue weighted by atomic mass is 9.86. The number of rotatable bonds is 3. The zero-order chi connectivity index (χ0) is 15.0. The number of ether oxygens (including phenoxy) is 1. The van der Waals surface area contributed by atoms with Crippen LogP contribution in [0.25, 0.3) is 11.2 Å². The molecule has 0 spiro atoms. The van der Waals surface area contributed by atoms with Crippen LogP contribution in [0.3, 0.4) is 0 Å². The molecule has 1 saturated heterocycles. The predicted octanol–water partition coefficient (Wildman–Crippen LogP) is 3.69. The molecule has 6 heteroatoms. The molecule has 2 N–H and O–H groups in total. The Morgan fingerprint density at radius 2 is 2.24 bits per heavy atom. The van der Waals surface area contributed by atoms with Crippen molar-refractivity contribution in [3.63, 3.8) is 0 Å². The molecule has 21 heavy (non-hydrogen) atoms. The second-order valence-corrected chi connectivity index (χ2v) is 6.64. The SMILES string of the molecule is CCC1(CC)CC(n2c(N)nc3cc(Br)cnc32)CCO1. The summed E-state index contributed by atoms with van der Waals surface area (Å²) in [5.74, 6) is 0.545. The fourth-order valence-electron chi connectivity index (χ4n) is 3.30. The van der Waals surface area contributed by atoms with Crippen LogP contribution in [-0.4, -0.2) is 26.7 Å². The smallest absolute Gasteiger partial charge is 0.202 e. The van der Waals surface area contributed by atoms with Gasteiger partial charge in [-0.3, -0.25) is 4.57 Å². The van der Waals surface area contributed by atoms with E-state index in [0.29, 0.717) is 12.0 Å². The van der Waals surface area contributed by atoms with Gasteiger partial charge in [0.1, 0.15) is 5.52 Å². The molecular formula is C15H21BrN4O. The van der Waals surface area contributed by atoms with Crippen molar-refractivity contribution in [2.24, 2.45) is 0 Å². The molecule has 5 nitrogen and oxygen atoms in total. The second-order valence-electron chi connectivity index (χ2n) is 5.72. The van der Waals surface area contributed by atoms with E-state index in [4.69, 9.17) is 10.5 Å². The molecule has 0 aliphatic carbocycles. The van der Waals surface area contributed by atoms with Crippen LogP contribution in [-0.2, 0) is 4.74 Å². The molecule has 0 aromatic carbocycles. The summed E-state index contributed by atoms with van der Waals surface area (Å²) >= 11 is 3.43. The van der Waals surface area contributed by atoms with Crippen molar-refractivity contribution in [1.82, 2.24) is 14.5 Å². The van der Waals surface area contributed by atoms with Crippen molar-refractivity contribution in [3.8, 4) is 0 Å². The molecule has 0 saturated carbocycles. The Balaban J connectivity index is 2.02. The minimum Gasteiger partial charge on any atom is -0.375 e. The Bertz CT molecular complexity index is 650. The van der Waals surface area contributed by atoms with Gasteiger partial charge in [0, 0.05) is 23.3 Å². The summed E-state index contributed by atoms with van der Waals surface area (Å²) < 4.78 is 9.07. The number of hydrogen-bond acceptors (Lipinski definition) is 4. The molecule has 114 valence electrons. The van der Waals surface area contributed by atoms with Crippen LogP contribution >= 0.6 is 15.9 Å². The Hall–Kier alpha value is -1.14. The minimum atomic E-state index is -0.0404. The van der Waals surface area contributed by atoms with Gasteiger partial charge in [0.05, 0.1) is 5.60 Å². The maximum Gasteiger partial charge on any atom is 0.202 e. The van der Waals surface area contributed by atoms with Gasteiger partial charge in [-0.15, -0.1) is 0 Å². The van der Waals surface area contributed by atoms with Gasteiger partial charge in [-0.2, -0.15) is 0 Å². The normalized spacial score (nSPS) is 21.8. The van der Waals surface area contributed by atoms with E-state index in [1.807, 2.05) is 6.07 Å². The number of halogens is 1. The van der Waals surface area contributed by atoms with E-state index in [1.54, 1.807) is 6.20 Å². The number of pyridine rings is 1. The summed E-state index contributed by atoms with van der Waals surface area (Å²) in [5.41, 5.74) is 7.83. The van der Waals surface area contributed by atoms with Crippen molar-refractivity contribution in [2.45, 2.75) is 51.2 Å². The Morgan fingerprint density at radius 1 is 1.48 bits per heavy atom. The maximum absolute atomic E-state index is 6.16. The number of nitrogen functional groups attached to an aromatic ring is 1. The molecule has 0 radical (unpaired) electrons. The van der Waals surface area contributed by atoms with E-state index in [9.17, 15) is 0 Å². The highest BCUT2D eigenvalue weighted by molar-refractivity contribution is 9.10. The summed E-state index contributed by atoms with van der Waals surface area (Å²) in [5, 5.41) is 0. The third-order valence-corrected chi connectivity index (χ3v) is 5.08. The highest BCUT2D eigenvalue weighted by atomic mass is 79.9. The quantitative estimate of drug-likeness (QED) is 0.914. The molecule has 0 bridgehead atoms. The zero-order valence-electron chi connectivity index (χ0n) is 12.5. The molecule has 3 rings (SSSR count). The van der Waals surface area contributed by atoms with Gasteiger partial charge >= 0.3 is 0 Å². The topological polar surface area (TPSA) is 66.0 Å². The number of hydrogen-bond donors (Lipinski definition) is 1. The fourth-order valence-corrected chi connectivity index (χ4v) is 3.62. The summed E-state index contributed by atoms with van der Waals surface area (Å²) in [7, 11) is 0. The van der Waals surface area contributed by atoms with Crippen molar-refractivity contribution in [1.29, 1.82) is 0 Å². The molecule has 2 aromatic rings. The third-order valence-electron chi connectivity index (χ3n) is 4.64. The van der Waals surface area contributed by atoms with Crippen LogP contribution in [0.15, 0.2) is 16.7 Å². The monoisotopic (exact) mass is 352 g/mol. The maximum atomic E-state index is 6.16. The van der Waals surface area contributed by atoms with Gasteiger partial charge in [-0.25, -0.2) is 9.97 Å². The standard InChI is InChI=1S/C15H21BrN4O/c1-3-15(4-2)8-11(5-6-21-15)20-13-12(19-14(20)17)7-10(16)9-18-13/h7,9,11H,3-6,8H2,1-2H3,(H2,17,19). The Kier molecular flexibility index (Phi) is 3.92. The average Bonchev–Trinajstić information content (AvgIpc) is 2.82. The number of fused-ring (bicyclic) bond motifs is 1. The lowest BCUT2D eigenvalue weighted by molar-refractivity contribution is -0.0980. The minimum absolute atomic E-state index is 0.0404. The molecule has 2 aromatic heterocycles. The Morgan fingerprint density at radius 3 is 2.95 bits per heavy atom. The number of nitrogens with two attached hydrogens (primary N) is 1. The lowest BCUT2D eigenvalue weighted by Crippen LogP contribution is -2.39. The van der Waals surface area contributed by atoms with Gasteiger partial charge in [-0.1, -0.05) is 13.8 Å². The first-order valence-electron chi connectivity index (χ1n) is 7.51. The van der Waals surface area contributed by atoms with E-state index in [0.717, 1.165) is 47.9 Å². The van der Waals surface area contributed by atoms with Gasteiger partial charge in [-0.05, 0) is 47.7 Å².